The molecule has 0 saturated heterocycles. The van der Waals surface area contributed by atoms with Crippen LogP contribution in [0.1, 0.15) is 45.2 Å². The summed E-state index contributed by atoms with van der Waals surface area (Å²) < 4.78 is 39.2. The average molecular weight is 636 g/mol. The van der Waals surface area contributed by atoms with Crippen LogP contribution in [0.25, 0.3) is 0 Å². The van der Waals surface area contributed by atoms with E-state index in [1.54, 1.807) is 39.5 Å². The molecule has 0 heterocycles. The number of alkyl carbamates (subject to hydrolysis) is 1. The largest absolute Gasteiger partial charge is 0.489 e. The highest BCUT2D eigenvalue weighted by Crippen LogP contribution is 2.48. The van der Waals surface area contributed by atoms with Gasteiger partial charge in [-0.15, -0.1) is 0 Å². The second-order valence-electron chi connectivity index (χ2n) is 10.9. The quantitative estimate of drug-likeness (QED) is 0.176. The number of rotatable bonds is 14. The lowest BCUT2D eigenvalue weighted by atomic mass is 9.94. The summed E-state index contributed by atoms with van der Waals surface area (Å²) in [7, 11) is -1.30. The van der Waals surface area contributed by atoms with Crippen molar-refractivity contribution in [2.24, 2.45) is 0 Å². The Bertz CT molecular complexity index is 1360. The molecule has 0 aromatic heterocycles. The maximum atomic E-state index is 12.6. The van der Waals surface area contributed by atoms with Crippen molar-refractivity contribution in [2.75, 3.05) is 20.8 Å². The van der Waals surface area contributed by atoms with Gasteiger partial charge in [-0.3, -0.25) is 13.6 Å². The fraction of sp³-hybridized carbons (Fsp3) is 0.387. The first-order valence-electron chi connectivity index (χ1n) is 13.4. The third-order valence-corrected chi connectivity index (χ3v) is 8.72. The van der Waals surface area contributed by atoms with Gasteiger partial charge in [-0.25, -0.2) is 9.36 Å². The van der Waals surface area contributed by atoms with Crippen molar-refractivity contribution in [3.05, 3.63) is 88.9 Å². The molecule has 3 aromatic carbocycles. The number of benzene rings is 3. The van der Waals surface area contributed by atoms with Crippen molar-refractivity contribution in [3.8, 4) is 5.75 Å². The molecular weight excluding hydrogens is 597 g/mol. The summed E-state index contributed by atoms with van der Waals surface area (Å²) in [5.74, 6) is 0.789. The molecule has 0 fully saturated rings. The summed E-state index contributed by atoms with van der Waals surface area (Å²) in [5.41, 5.74) is 0.337. The number of hydrogen-bond acceptors (Lipinski definition) is 8. The summed E-state index contributed by atoms with van der Waals surface area (Å²) in [5, 5.41) is 3.45. The highest BCUT2D eigenvalue weighted by atomic mass is 35.5. The Morgan fingerprint density at radius 1 is 0.929 bits per heavy atom. The monoisotopic (exact) mass is 635 g/mol. The maximum Gasteiger partial charge on any atom is 0.474 e. The maximum absolute atomic E-state index is 12.6. The van der Waals surface area contributed by atoms with Gasteiger partial charge < -0.3 is 14.8 Å². The molecule has 1 N–H and O–H groups in total. The molecule has 3 rings (SSSR count). The van der Waals surface area contributed by atoms with Gasteiger partial charge in [0.25, 0.3) is 0 Å². The molecule has 42 heavy (non-hydrogen) atoms. The van der Waals surface area contributed by atoms with E-state index in [0.717, 1.165) is 26.7 Å². The smallest absolute Gasteiger partial charge is 0.474 e. The lowest BCUT2D eigenvalue weighted by molar-refractivity contribution is 0.0389. The van der Waals surface area contributed by atoms with Crippen LogP contribution in [-0.2, 0) is 35.9 Å². The van der Waals surface area contributed by atoms with Gasteiger partial charge in [-0.1, -0.05) is 65.8 Å². The molecule has 11 heteroatoms. The van der Waals surface area contributed by atoms with E-state index in [0.29, 0.717) is 24.5 Å². The van der Waals surface area contributed by atoms with Gasteiger partial charge in [0, 0.05) is 29.0 Å². The number of halogens is 1. The molecule has 8 nitrogen and oxygen atoms in total. The predicted molar refractivity (Wildman–Crippen MR) is 166 cm³/mol. The molecule has 0 radical (unpaired) electrons. The first kappa shape index (κ1) is 34.0. The summed E-state index contributed by atoms with van der Waals surface area (Å²) in [6, 6.07) is 23.8. The zero-order chi connectivity index (χ0) is 30.8. The summed E-state index contributed by atoms with van der Waals surface area (Å²) in [4.78, 5) is 14.6. The Hall–Kier alpha value is -2.52. The highest BCUT2D eigenvalue weighted by molar-refractivity contribution is 7.99. The van der Waals surface area contributed by atoms with E-state index in [-0.39, 0.29) is 6.61 Å². The van der Waals surface area contributed by atoms with Crippen LogP contribution in [0.15, 0.2) is 82.6 Å². The third kappa shape index (κ3) is 11.3. The number of ether oxygens (including phenoxy) is 2. The van der Waals surface area contributed by atoms with Crippen molar-refractivity contribution < 1.29 is 32.4 Å². The van der Waals surface area contributed by atoms with Gasteiger partial charge >= 0.3 is 13.9 Å². The van der Waals surface area contributed by atoms with Crippen LogP contribution in [0.2, 0.25) is 5.02 Å². The van der Waals surface area contributed by atoms with Crippen molar-refractivity contribution in [1.29, 1.82) is 0 Å². The Balaban J connectivity index is 1.66. The molecule has 0 aliphatic heterocycles. The molecule has 0 aliphatic carbocycles. The standard InChI is InChI=1S/C31H39ClNO7PS/c1-30(2,3)40-29(34)33-31(4,22-39-41(35,36-5)37-6)18-17-24-15-16-27(20-28(24)32)42-26-14-10-13-25(19-26)38-21-23-11-8-7-9-12-23/h7-16,19-20H,17-18,21-22H2,1-6H3,(H,33,34). The van der Waals surface area contributed by atoms with Crippen LogP contribution in [0, 0.1) is 0 Å². The number of carbonyl (C=O) groups excluding carboxylic acids is 1. The predicted octanol–water partition coefficient (Wildman–Crippen LogP) is 8.70. The lowest BCUT2D eigenvalue weighted by Gasteiger charge is -2.32. The molecule has 1 atom stereocenters. The van der Waals surface area contributed by atoms with Crippen molar-refractivity contribution in [1.82, 2.24) is 5.32 Å². The first-order chi connectivity index (χ1) is 19.8. The van der Waals surface area contributed by atoms with Gasteiger partial charge in [-0.2, -0.15) is 0 Å². The van der Waals surface area contributed by atoms with E-state index in [2.05, 4.69) is 5.32 Å². The van der Waals surface area contributed by atoms with Crippen LogP contribution in [-0.4, -0.2) is 38.1 Å². The van der Waals surface area contributed by atoms with E-state index in [1.165, 1.54) is 14.2 Å². The van der Waals surface area contributed by atoms with E-state index >= 15 is 0 Å². The first-order valence-corrected chi connectivity index (χ1v) is 16.1. The zero-order valence-corrected chi connectivity index (χ0v) is 27.3. The molecule has 0 spiro atoms. The van der Waals surface area contributed by atoms with Gasteiger partial charge in [0.1, 0.15) is 18.0 Å². The number of aryl methyl sites for hydroxylation is 1. The lowest BCUT2D eigenvalue weighted by Crippen LogP contribution is -2.51. The Morgan fingerprint density at radius 3 is 2.26 bits per heavy atom. The van der Waals surface area contributed by atoms with Gasteiger partial charge in [0.15, 0.2) is 0 Å². The number of nitrogens with one attached hydrogen (secondary N) is 1. The van der Waals surface area contributed by atoms with E-state index in [1.807, 2.05) is 72.8 Å². The number of hydrogen-bond donors (Lipinski definition) is 1. The number of carbonyl (C=O) groups is 1. The number of phosphoric acid groups is 1. The summed E-state index contributed by atoms with van der Waals surface area (Å²) in [6.07, 6.45) is 0.297. The van der Waals surface area contributed by atoms with Crippen LogP contribution >= 0.6 is 31.2 Å². The molecule has 1 amide bonds. The van der Waals surface area contributed by atoms with E-state index in [9.17, 15) is 9.36 Å². The van der Waals surface area contributed by atoms with Gasteiger partial charge in [-0.05, 0) is 82.0 Å². The topological polar surface area (TPSA) is 92.3 Å². The number of amides is 1. The normalized spacial score (nSPS) is 13.3. The molecule has 228 valence electrons. The molecule has 0 bridgehead atoms. The highest BCUT2D eigenvalue weighted by Gasteiger charge is 2.34. The second kappa shape index (κ2) is 15.3. The Kier molecular flexibility index (Phi) is 12.4. The van der Waals surface area contributed by atoms with Crippen molar-refractivity contribution >= 4 is 37.3 Å². The van der Waals surface area contributed by atoms with Crippen molar-refractivity contribution in [3.63, 3.8) is 0 Å². The minimum Gasteiger partial charge on any atom is -0.489 e. The average Bonchev–Trinajstić information content (AvgIpc) is 2.94. The Morgan fingerprint density at radius 2 is 1.62 bits per heavy atom. The van der Waals surface area contributed by atoms with Crippen molar-refractivity contribution in [2.45, 2.75) is 68.1 Å². The van der Waals surface area contributed by atoms with Crippen LogP contribution < -0.4 is 10.1 Å². The Labute approximate surface area is 258 Å². The molecular formula is C31H39ClNO7PS. The summed E-state index contributed by atoms with van der Waals surface area (Å²) in [6.45, 7) is 7.46. The molecule has 0 aliphatic rings. The zero-order valence-electron chi connectivity index (χ0n) is 24.8. The minimum atomic E-state index is -3.76. The summed E-state index contributed by atoms with van der Waals surface area (Å²) >= 11 is 8.28. The SMILES string of the molecule is COP(=O)(OC)OCC(C)(CCc1ccc(Sc2cccc(OCc3ccccc3)c2)cc1Cl)NC(=O)OC(C)(C)C. The van der Waals surface area contributed by atoms with Gasteiger partial charge in [0.05, 0.1) is 12.1 Å². The van der Waals surface area contributed by atoms with E-state index in [4.69, 9.17) is 34.6 Å². The second-order valence-corrected chi connectivity index (χ2v) is 14.3. The molecule has 1 unspecified atom stereocenters. The fourth-order valence-corrected chi connectivity index (χ4v) is 5.88. The van der Waals surface area contributed by atoms with Crippen LogP contribution in [0.5, 0.6) is 5.75 Å². The third-order valence-electron chi connectivity index (χ3n) is 6.05. The van der Waals surface area contributed by atoms with Gasteiger partial charge in [0.2, 0.25) is 0 Å². The van der Waals surface area contributed by atoms with E-state index < -0.39 is 25.1 Å². The minimum absolute atomic E-state index is 0.139. The number of phosphoric ester groups is 1. The van der Waals surface area contributed by atoms with Crippen LogP contribution in [0.4, 0.5) is 4.79 Å². The molecule has 0 saturated carbocycles. The van der Waals surface area contributed by atoms with Crippen LogP contribution in [0.3, 0.4) is 0 Å². The fourth-order valence-electron chi connectivity index (χ4n) is 3.83. The molecule has 3 aromatic rings.